The third kappa shape index (κ3) is 4.24. The molecule has 8 heteroatoms. The fraction of sp³-hybridized carbons (Fsp3) is 0.556. The van der Waals surface area contributed by atoms with Gasteiger partial charge in [-0.3, -0.25) is 9.80 Å². The first kappa shape index (κ1) is 17.5. The fourth-order valence-corrected chi connectivity index (χ4v) is 3.23. The zero-order chi connectivity index (χ0) is 18.1. The molecule has 2 heterocycles. The summed E-state index contributed by atoms with van der Waals surface area (Å²) in [6.45, 7) is 4.45. The van der Waals surface area contributed by atoms with Gasteiger partial charge in [0, 0.05) is 38.6 Å². The summed E-state index contributed by atoms with van der Waals surface area (Å²) in [5.74, 6) is 1.86. The van der Waals surface area contributed by atoms with E-state index in [9.17, 15) is 13.2 Å². The molecular weight excluding hydrogens is 345 g/mol. The van der Waals surface area contributed by atoms with Crippen LogP contribution in [-0.2, 0) is 19.3 Å². The van der Waals surface area contributed by atoms with E-state index in [2.05, 4.69) is 20.0 Å². The molecule has 1 aromatic carbocycles. The van der Waals surface area contributed by atoms with Crippen molar-refractivity contribution in [3.63, 3.8) is 0 Å². The summed E-state index contributed by atoms with van der Waals surface area (Å²) in [5.41, 5.74) is 0.107. The van der Waals surface area contributed by atoms with Crippen molar-refractivity contribution in [3.05, 3.63) is 47.2 Å². The first-order valence-corrected chi connectivity index (χ1v) is 8.90. The van der Waals surface area contributed by atoms with Crippen LogP contribution in [0.2, 0.25) is 0 Å². The Morgan fingerprint density at radius 2 is 1.69 bits per heavy atom. The summed E-state index contributed by atoms with van der Waals surface area (Å²) >= 11 is 0. The molecule has 0 amide bonds. The van der Waals surface area contributed by atoms with Crippen LogP contribution >= 0.6 is 0 Å². The van der Waals surface area contributed by atoms with Gasteiger partial charge in [-0.1, -0.05) is 18.2 Å². The molecule has 1 aromatic heterocycles. The molecule has 26 heavy (non-hydrogen) atoms. The summed E-state index contributed by atoms with van der Waals surface area (Å²) in [6, 6.07) is 5.58. The number of benzene rings is 1. The number of rotatable bonds is 5. The highest BCUT2D eigenvalue weighted by Crippen LogP contribution is 2.39. The van der Waals surface area contributed by atoms with Crippen molar-refractivity contribution in [1.29, 1.82) is 0 Å². The third-order valence-electron chi connectivity index (χ3n) is 4.89. The number of piperazine rings is 1. The summed E-state index contributed by atoms with van der Waals surface area (Å²) < 4.78 is 44.2. The van der Waals surface area contributed by atoms with Crippen LogP contribution in [0.15, 0.2) is 28.7 Å². The first-order chi connectivity index (χ1) is 12.5. The Kier molecular flexibility index (Phi) is 4.71. The molecule has 1 saturated carbocycles. The lowest BCUT2D eigenvalue weighted by molar-refractivity contribution is -0.137. The average molecular weight is 366 g/mol. The lowest BCUT2D eigenvalue weighted by Gasteiger charge is -2.34. The first-order valence-electron chi connectivity index (χ1n) is 8.90. The second kappa shape index (κ2) is 7.00. The SMILES string of the molecule is FC(F)(F)c1cccc(CN2CCN(Cc3nnc(C4CC4)o3)CC2)c1. The molecule has 2 fully saturated rings. The van der Waals surface area contributed by atoms with E-state index in [0.717, 1.165) is 51.0 Å². The van der Waals surface area contributed by atoms with Gasteiger partial charge in [-0.15, -0.1) is 10.2 Å². The highest BCUT2D eigenvalue weighted by atomic mass is 19.4. The van der Waals surface area contributed by atoms with Crippen molar-refractivity contribution in [1.82, 2.24) is 20.0 Å². The van der Waals surface area contributed by atoms with Crippen LogP contribution in [0.1, 0.15) is 41.7 Å². The molecule has 1 aliphatic heterocycles. The lowest BCUT2D eigenvalue weighted by Crippen LogP contribution is -2.45. The van der Waals surface area contributed by atoms with Gasteiger partial charge in [-0.25, -0.2) is 0 Å². The van der Waals surface area contributed by atoms with Gasteiger partial charge in [-0.05, 0) is 24.5 Å². The Balaban J connectivity index is 1.28. The van der Waals surface area contributed by atoms with Gasteiger partial charge < -0.3 is 4.42 Å². The van der Waals surface area contributed by atoms with Gasteiger partial charge in [0.2, 0.25) is 11.8 Å². The Bertz CT molecular complexity index is 749. The molecule has 5 nitrogen and oxygen atoms in total. The van der Waals surface area contributed by atoms with E-state index in [1.807, 2.05) is 0 Å². The van der Waals surface area contributed by atoms with Crippen LogP contribution in [0.5, 0.6) is 0 Å². The summed E-state index contributed by atoms with van der Waals surface area (Å²) in [7, 11) is 0. The quantitative estimate of drug-likeness (QED) is 0.813. The van der Waals surface area contributed by atoms with Gasteiger partial charge in [0.25, 0.3) is 0 Å². The van der Waals surface area contributed by atoms with Crippen molar-refractivity contribution in [2.45, 2.75) is 38.0 Å². The fourth-order valence-electron chi connectivity index (χ4n) is 3.23. The Morgan fingerprint density at radius 1 is 1.00 bits per heavy atom. The van der Waals surface area contributed by atoms with E-state index in [4.69, 9.17) is 4.42 Å². The molecule has 4 rings (SSSR count). The number of nitrogens with zero attached hydrogens (tertiary/aromatic N) is 4. The number of halogens is 3. The largest absolute Gasteiger partial charge is 0.424 e. The monoisotopic (exact) mass is 366 g/mol. The Morgan fingerprint density at radius 3 is 2.35 bits per heavy atom. The minimum Gasteiger partial charge on any atom is -0.424 e. The van der Waals surface area contributed by atoms with Crippen LogP contribution in [0.4, 0.5) is 13.2 Å². The summed E-state index contributed by atoms with van der Waals surface area (Å²) in [5, 5.41) is 8.21. The normalized spacial score (nSPS) is 19.8. The van der Waals surface area contributed by atoms with Crippen molar-refractivity contribution < 1.29 is 17.6 Å². The van der Waals surface area contributed by atoms with E-state index < -0.39 is 11.7 Å². The van der Waals surface area contributed by atoms with E-state index >= 15 is 0 Å². The highest BCUT2D eigenvalue weighted by Gasteiger charge is 2.31. The Labute approximate surface area is 149 Å². The molecule has 0 unspecified atom stereocenters. The van der Waals surface area contributed by atoms with Gasteiger partial charge >= 0.3 is 6.18 Å². The minimum atomic E-state index is -4.29. The van der Waals surface area contributed by atoms with Crippen LogP contribution in [0, 0.1) is 0 Å². The molecule has 1 aliphatic carbocycles. The van der Waals surface area contributed by atoms with E-state index in [-0.39, 0.29) is 0 Å². The van der Waals surface area contributed by atoms with Crippen LogP contribution < -0.4 is 0 Å². The minimum absolute atomic E-state index is 0.459. The molecule has 0 spiro atoms. The predicted octanol–water partition coefficient (Wildman–Crippen LogP) is 3.28. The summed E-state index contributed by atoms with van der Waals surface area (Å²) in [4.78, 5) is 4.42. The molecule has 140 valence electrons. The standard InChI is InChI=1S/C18H21F3N4O/c19-18(20,21)15-3-1-2-13(10-15)11-24-6-8-25(9-7-24)12-16-22-23-17(26-16)14-4-5-14/h1-3,10,14H,4-9,11-12H2. The highest BCUT2D eigenvalue weighted by molar-refractivity contribution is 5.25. The van der Waals surface area contributed by atoms with Crippen LogP contribution in [-0.4, -0.2) is 46.2 Å². The van der Waals surface area contributed by atoms with Crippen molar-refractivity contribution in [2.75, 3.05) is 26.2 Å². The van der Waals surface area contributed by atoms with Gasteiger partial charge in [0.15, 0.2) is 0 Å². The number of alkyl halides is 3. The predicted molar refractivity (Wildman–Crippen MR) is 88.3 cm³/mol. The molecule has 0 N–H and O–H groups in total. The van der Waals surface area contributed by atoms with E-state index in [1.165, 1.54) is 12.1 Å². The molecule has 0 radical (unpaired) electrons. The van der Waals surface area contributed by atoms with Crippen molar-refractivity contribution in [2.24, 2.45) is 0 Å². The zero-order valence-corrected chi connectivity index (χ0v) is 14.4. The maximum absolute atomic E-state index is 12.8. The molecule has 1 saturated heterocycles. The molecule has 2 aliphatic rings. The maximum atomic E-state index is 12.8. The molecule has 0 bridgehead atoms. The zero-order valence-electron chi connectivity index (χ0n) is 14.4. The molecule has 2 aromatic rings. The smallest absolute Gasteiger partial charge is 0.416 e. The lowest BCUT2D eigenvalue weighted by atomic mass is 10.1. The topological polar surface area (TPSA) is 45.4 Å². The van der Waals surface area contributed by atoms with Crippen LogP contribution in [0.25, 0.3) is 0 Å². The Hall–Kier alpha value is -1.93. The van der Waals surface area contributed by atoms with Gasteiger partial charge in [0.1, 0.15) is 0 Å². The second-order valence-corrected chi connectivity index (χ2v) is 7.06. The van der Waals surface area contributed by atoms with Gasteiger partial charge in [0.05, 0.1) is 12.1 Å². The number of hydrogen-bond donors (Lipinski definition) is 0. The second-order valence-electron chi connectivity index (χ2n) is 7.06. The average Bonchev–Trinajstić information content (AvgIpc) is 3.36. The van der Waals surface area contributed by atoms with Crippen molar-refractivity contribution in [3.8, 4) is 0 Å². The maximum Gasteiger partial charge on any atom is 0.416 e. The number of aromatic nitrogens is 2. The molecular formula is C18H21F3N4O. The van der Waals surface area contributed by atoms with Crippen molar-refractivity contribution >= 4 is 0 Å². The van der Waals surface area contributed by atoms with E-state index in [0.29, 0.717) is 30.5 Å². The third-order valence-corrected chi connectivity index (χ3v) is 4.89. The van der Waals surface area contributed by atoms with E-state index in [1.54, 1.807) is 6.07 Å². The molecule has 0 atom stereocenters. The number of hydrogen-bond acceptors (Lipinski definition) is 5. The van der Waals surface area contributed by atoms with Crippen LogP contribution in [0.3, 0.4) is 0 Å². The van der Waals surface area contributed by atoms with Gasteiger partial charge in [-0.2, -0.15) is 13.2 Å². The summed E-state index contributed by atoms with van der Waals surface area (Å²) in [6.07, 6.45) is -2.02.